The molecule has 9 heteroatoms. The Balaban J connectivity index is 1.65. The van der Waals surface area contributed by atoms with Gasteiger partial charge in [0.05, 0.1) is 11.1 Å². The fourth-order valence-electron chi connectivity index (χ4n) is 5.21. The highest BCUT2D eigenvalue weighted by molar-refractivity contribution is 6.06. The lowest BCUT2D eigenvalue weighted by Gasteiger charge is -2.37. The molecule has 2 atom stereocenters. The molecule has 9 nitrogen and oxygen atoms in total. The van der Waals surface area contributed by atoms with Crippen LogP contribution in [0.2, 0.25) is 0 Å². The molecule has 37 heavy (non-hydrogen) atoms. The van der Waals surface area contributed by atoms with Gasteiger partial charge in [-0.25, -0.2) is 9.97 Å². The lowest BCUT2D eigenvalue weighted by Crippen LogP contribution is -2.54. The number of carbonyl (C=O) groups is 1. The summed E-state index contributed by atoms with van der Waals surface area (Å²) >= 11 is 0. The molecule has 2 heterocycles. The molecule has 0 bridgehead atoms. The molecule has 0 radical (unpaired) electrons. The number of amides is 1. The lowest BCUT2D eigenvalue weighted by atomic mass is 9.93. The van der Waals surface area contributed by atoms with E-state index in [1.807, 2.05) is 18.2 Å². The average Bonchev–Trinajstić information content (AvgIpc) is 2.85. The number of benzene rings is 2. The van der Waals surface area contributed by atoms with E-state index in [-0.39, 0.29) is 23.5 Å². The van der Waals surface area contributed by atoms with Crippen molar-refractivity contribution in [3.8, 4) is 17.1 Å². The number of hydrogen-bond donors (Lipinski definition) is 4. The Hall–Kier alpha value is -3.72. The first-order valence-electron chi connectivity index (χ1n) is 12.9. The third-order valence-electron chi connectivity index (χ3n) is 7.39. The molecular formula is C28H35N7O2. The number of anilines is 2. The van der Waals surface area contributed by atoms with Crippen LogP contribution in [0.25, 0.3) is 22.3 Å². The number of phenolic OH excluding ortho intramolecular Hbond substituents is 1. The number of piperazine rings is 1. The predicted molar refractivity (Wildman–Crippen MR) is 149 cm³/mol. The summed E-state index contributed by atoms with van der Waals surface area (Å²) in [7, 11) is 1.66. The molecule has 1 aliphatic carbocycles. The standard InChI is InChI=1S/C28H35N7O2/c1-15-13-35(14-16(2)31-15)20-8-9-23-21(11-20)25(28(37)32-19-6-5-7-19)34-27(33-23)22-10-18(12-30-4)24(29)17(3)26(22)36/h8-12,15-16,19,31,36H,5-7,13-14,29H2,1-4H3,(H,32,37). The summed E-state index contributed by atoms with van der Waals surface area (Å²) in [6, 6.07) is 8.59. The van der Waals surface area contributed by atoms with Gasteiger partial charge in [-0.1, -0.05) is 0 Å². The van der Waals surface area contributed by atoms with Crippen molar-refractivity contribution in [1.82, 2.24) is 20.6 Å². The number of nitrogens with two attached hydrogens (primary N) is 1. The fraction of sp³-hybridized carbons (Fsp3) is 0.429. The number of phenols is 1. The number of nitrogens with zero attached hydrogens (tertiary/aromatic N) is 4. The Morgan fingerprint density at radius 3 is 2.59 bits per heavy atom. The molecule has 3 aromatic rings. The smallest absolute Gasteiger partial charge is 0.270 e. The second kappa shape index (κ2) is 9.97. The molecule has 1 saturated heterocycles. The van der Waals surface area contributed by atoms with E-state index in [4.69, 9.17) is 15.7 Å². The Labute approximate surface area is 217 Å². The number of rotatable bonds is 5. The first-order valence-corrected chi connectivity index (χ1v) is 12.9. The zero-order valence-electron chi connectivity index (χ0n) is 21.9. The third kappa shape index (κ3) is 4.83. The van der Waals surface area contributed by atoms with Gasteiger partial charge in [0.25, 0.3) is 5.91 Å². The summed E-state index contributed by atoms with van der Waals surface area (Å²) in [6.45, 7) is 7.84. The molecule has 1 saturated carbocycles. The maximum atomic E-state index is 13.5. The van der Waals surface area contributed by atoms with Gasteiger partial charge in [0.2, 0.25) is 0 Å². The van der Waals surface area contributed by atoms with Crippen LogP contribution >= 0.6 is 0 Å². The number of aromatic hydroxyl groups is 1. The van der Waals surface area contributed by atoms with Gasteiger partial charge >= 0.3 is 0 Å². The van der Waals surface area contributed by atoms with Crippen molar-refractivity contribution in [3.63, 3.8) is 0 Å². The van der Waals surface area contributed by atoms with Gasteiger partial charge < -0.3 is 26.4 Å². The largest absolute Gasteiger partial charge is 0.507 e. The summed E-state index contributed by atoms with van der Waals surface area (Å²) in [6.07, 6.45) is 4.70. The molecule has 0 spiro atoms. The topological polar surface area (TPSA) is 129 Å². The van der Waals surface area contributed by atoms with Crippen LogP contribution in [0.1, 0.15) is 54.7 Å². The molecule has 194 valence electrons. The minimum atomic E-state index is -0.223. The summed E-state index contributed by atoms with van der Waals surface area (Å²) in [4.78, 5) is 29.4. The van der Waals surface area contributed by atoms with E-state index in [1.54, 1.807) is 26.3 Å². The van der Waals surface area contributed by atoms with Crippen molar-refractivity contribution in [2.45, 2.75) is 58.2 Å². The van der Waals surface area contributed by atoms with Crippen LogP contribution in [-0.2, 0) is 0 Å². The summed E-state index contributed by atoms with van der Waals surface area (Å²) < 4.78 is 0. The molecule has 5 N–H and O–H groups in total. The zero-order valence-corrected chi connectivity index (χ0v) is 21.9. The molecule has 2 aromatic carbocycles. The van der Waals surface area contributed by atoms with Crippen molar-refractivity contribution in [3.05, 3.63) is 41.1 Å². The van der Waals surface area contributed by atoms with E-state index >= 15 is 0 Å². The fourth-order valence-corrected chi connectivity index (χ4v) is 5.21. The molecule has 2 unspecified atom stereocenters. The number of aromatic nitrogens is 2. The maximum absolute atomic E-state index is 13.5. The third-order valence-corrected chi connectivity index (χ3v) is 7.39. The number of aliphatic imine (C=N–C) groups is 1. The first kappa shape index (κ1) is 25.0. The van der Waals surface area contributed by atoms with E-state index in [1.165, 1.54) is 0 Å². The highest BCUT2D eigenvalue weighted by Crippen LogP contribution is 2.37. The summed E-state index contributed by atoms with van der Waals surface area (Å²) in [5, 5.41) is 18.3. The maximum Gasteiger partial charge on any atom is 0.270 e. The quantitative estimate of drug-likeness (QED) is 0.311. The van der Waals surface area contributed by atoms with Crippen LogP contribution in [0.5, 0.6) is 5.75 Å². The van der Waals surface area contributed by atoms with Gasteiger partial charge in [-0.05, 0) is 64.3 Å². The van der Waals surface area contributed by atoms with E-state index in [0.717, 1.165) is 38.0 Å². The van der Waals surface area contributed by atoms with Crippen LogP contribution in [0.3, 0.4) is 0 Å². The zero-order chi connectivity index (χ0) is 26.3. The second-order valence-electron chi connectivity index (χ2n) is 10.4. The summed E-state index contributed by atoms with van der Waals surface area (Å²) in [5.74, 6) is 0.0465. The normalized spacial score (nSPS) is 20.4. The van der Waals surface area contributed by atoms with Gasteiger partial charge in [0.15, 0.2) is 5.82 Å². The highest BCUT2D eigenvalue weighted by atomic mass is 16.3. The Bertz CT molecular complexity index is 1370. The average molecular weight is 502 g/mol. The number of nitrogens with one attached hydrogen (secondary N) is 2. The van der Waals surface area contributed by atoms with Gasteiger partial charge in [0, 0.05) is 72.4 Å². The van der Waals surface area contributed by atoms with Crippen LogP contribution < -0.4 is 21.3 Å². The minimum Gasteiger partial charge on any atom is -0.507 e. The molecule has 5 rings (SSSR count). The van der Waals surface area contributed by atoms with Gasteiger partial charge in [-0.15, -0.1) is 0 Å². The Morgan fingerprint density at radius 1 is 1.22 bits per heavy atom. The number of hydrogen-bond acceptors (Lipinski definition) is 8. The van der Waals surface area contributed by atoms with Crippen LogP contribution in [-0.4, -0.2) is 65.5 Å². The van der Waals surface area contributed by atoms with E-state index < -0.39 is 0 Å². The predicted octanol–water partition coefficient (Wildman–Crippen LogP) is 3.41. The van der Waals surface area contributed by atoms with Crippen molar-refractivity contribution >= 4 is 34.4 Å². The SMILES string of the molecule is CN=Cc1cc(-c2nc(C(=O)NC3CCC3)c3cc(N4CC(C)NC(C)C4)ccc3n2)c(O)c(C)c1N. The molecule has 2 fully saturated rings. The number of fused-ring (bicyclic) bond motifs is 1. The second-order valence-corrected chi connectivity index (χ2v) is 10.4. The van der Waals surface area contributed by atoms with Crippen molar-refractivity contribution in [2.75, 3.05) is 30.8 Å². The van der Waals surface area contributed by atoms with Crippen LogP contribution in [0.4, 0.5) is 11.4 Å². The van der Waals surface area contributed by atoms with E-state index in [2.05, 4.69) is 34.4 Å². The molecule has 1 amide bonds. The monoisotopic (exact) mass is 501 g/mol. The molecule has 1 aliphatic heterocycles. The molecular weight excluding hydrogens is 466 g/mol. The molecule has 1 aromatic heterocycles. The van der Waals surface area contributed by atoms with E-state index in [9.17, 15) is 9.90 Å². The highest BCUT2D eigenvalue weighted by Gasteiger charge is 2.26. The Morgan fingerprint density at radius 2 is 1.95 bits per heavy atom. The number of carbonyl (C=O) groups excluding carboxylic acids is 1. The lowest BCUT2D eigenvalue weighted by molar-refractivity contribution is 0.0913. The Kier molecular flexibility index (Phi) is 6.72. The van der Waals surface area contributed by atoms with Gasteiger partial charge in [0.1, 0.15) is 11.4 Å². The summed E-state index contributed by atoms with van der Waals surface area (Å²) in [5.41, 5.74) is 10.2. The van der Waals surface area contributed by atoms with Crippen molar-refractivity contribution in [1.29, 1.82) is 0 Å². The number of nitrogen functional groups attached to an aromatic ring is 1. The van der Waals surface area contributed by atoms with E-state index in [0.29, 0.717) is 51.1 Å². The first-order chi connectivity index (χ1) is 17.7. The van der Waals surface area contributed by atoms with Crippen LogP contribution in [0.15, 0.2) is 29.3 Å². The minimum absolute atomic E-state index is 0.00383. The van der Waals surface area contributed by atoms with Gasteiger partial charge in [-0.2, -0.15) is 0 Å². The van der Waals surface area contributed by atoms with Crippen molar-refractivity contribution < 1.29 is 9.90 Å². The van der Waals surface area contributed by atoms with Crippen LogP contribution in [0, 0.1) is 6.92 Å². The van der Waals surface area contributed by atoms with Gasteiger partial charge in [-0.3, -0.25) is 9.79 Å². The van der Waals surface area contributed by atoms with Crippen molar-refractivity contribution in [2.24, 2.45) is 4.99 Å². The molecule has 2 aliphatic rings.